The third-order valence-corrected chi connectivity index (χ3v) is 2.66. The zero-order valence-electron chi connectivity index (χ0n) is 13.3. The summed E-state index contributed by atoms with van der Waals surface area (Å²) >= 11 is 0. The molecule has 20 heavy (non-hydrogen) atoms. The van der Waals surface area contributed by atoms with Crippen molar-refractivity contribution in [3.05, 3.63) is 23.7 Å². The van der Waals surface area contributed by atoms with Crippen LogP contribution < -0.4 is 10.6 Å². The average molecular weight is 282 g/mol. The number of alkyl carbamates (subject to hydrolysis) is 1. The summed E-state index contributed by atoms with van der Waals surface area (Å²) in [6, 6.07) is 1.93. The highest BCUT2D eigenvalue weighted by Crippen LogP contribution is 2.10. The van der Waals surface area contributed by atoms with Crippen molar-refractivity contribution >= 4 is 6.09 Å². The zero-order valence-corrected chi connectivity index (χ0v) is 13.3. The summed E-state index contributed by atoms with van der Waals surface area (Å²) in [4.78, 5) is 11.7. The fraction of sp³-hybridized carbons (Fsp3) is 0.667. The van der Waals surface area contributed by atoms with Gasteiger partial charge in [-0.15, -0.1) is 0 Å². The summed E-state index contributed by atoms with van der Waals surface area (Å²) in [7, 11) is 0. The average Bonchev–Trinajstić information content (AvgIpc) is 2.60. The number of aryl methyl sites for hydroxylation is 1. The molecule has 0 radical (unpaired) electrons. The topological polar surface area (TPSA) is 63.5 Å². The van der Waals surface area contributed by atoms with Gasteiger partial charge in [-0.05, 0) is 53.2 Å². The number of carbonyl (C=O) groups excluding carboxylic acids is 1. The molecule has 0 bridgehead atoms. The van der Waals surface area contributed by atoms with E-state index in [1.54, 1.807) is 6.26 Å². The largest absolute Gasteiger partial charge is 0.468 e. The molecule has 0 fully saturated rings. The number of rotatable bonds is 5. The fourth-order valence-corrected chi connectivity index (χ4v) is 1.70. The quantitative estimate of drug-likeness (QED) is 0.871. The van der Waals surface area contributed by atoms with Crippen LogP contribution in [0.2, 0.25) is 0 Å². The number of hydrogen-bond acceptors (Lipinski definition) is 4. The Hall–Kier alpha value is -1.49. The van der Waals surface area contributed by atoms with E-state index in [1.165, 1.54) is 0 Å². The number of ether oxygens (including phenoxy) is 1. The van der Waals surface area contributed by atoms with Crippen LogP contribution in [0.5, 0.6) is 0 Å². The highest BCUT2D eigenvalue weighted by molar-refractivity contribution is 5.68. The maximum Gasteiger partial charge on any atom is 0.408 e. The summed E-state index contributed by atoms with van der Waals surface area (Å²) in [6.45, 7) is 12.7. The van der Waals surface area contributed by atoms with Crippen molar-refractivity contribution in [1.29, 1.82) is 0 Å². The van der Waals surface area contributed by atoms with Crippen LogP contribution in [-0.4, -0.2) is 23.8 Å². The first-order valence-corrected chi connectivity index (χ1v) is 6.84. The molecular formula is C15H26N2O3. The minimum Gasteiger partial charge on any atom is -0.468 e. The zero-order chi connectivity index (χ0) is 15.4. The van der Waals surface area contributed by atoms with E-state index in [1.807, 2.05) is 47.6 Å². The van der Waals surface area contributed by atoms with Gasteiger partial charge in [-0.3, -0.25) is 0 Å². The summed E-state index contributed by atoms with van der Waals surface area (Å²) in [5.74, 6) is 0.915. The van der Waals surface area contributed by atoms with Gasteiger partial charge in [-0.2, -0.15) is 0 Å². The summed E-state index contributed by atoms with van der Waals surface area (Å²) in [6.07, 6.45) is 1.27. The van der Waals surface area contributed by atoms with E-state index in [0.29, 0.717) is 13.1 Å². The Labute approximate surface area is 121 Å². The minimum atomic E-state index is -0.487. The summed E-state index contributed by atoms with van der Waals surface area (Å²) in [5, 5.41) is 6.13. The molecule has 1 aromatic rings. The Balaban J connectivity index is 2.38. The molecule has 0 aliphatic carbocycles. The Morgan fingerprint density at radius 2 is 1.95 bits per heavy atom. The van der Waals surface area contributed by atoms with Crippen LogP contribution in [0, 0.1) is 6.92 Å². The third kappa shape index (κ3) is 6.10. The number of hydrogen-bond donors (Lipinski definition) is 2. The fourth-order valence-electron chi connectivity index (χ4n) is 1.70. The van der Waals surface area contributed by atoms with Crippen molar-refractivity contribution in [2.45, 2.75) is 59.2 Å². The number of nitrogens with one attached hydrogen (secondary N) is 2. The van der Waals surface area contributed by atoms with Gasteiger partial charge in [0.15, 0.2) is 0 Å². The van der Waals surface area contributed by atoms with Gasteiger partial charge in [0.25, 0.3) is 0 Å². The molecule has 114 valence electrons. The van der Waals surface area contributed by atoms with Crippen LogP contribution in [0.15, 0.2) is 16.7 Å². The Bertz CT molecular complexity index is 444. The lowest BCUT2D eigenvalue weighted by Gasteiger charge is -2.28. The van der Waals surface area contributed by atoms with Crippen molar-refractivity contribution in [1.82, 2.24) is 10.6 Å². The smallest absolute Gasteiger partial charge is 0.408 e. The van der Waals surface area contributed by atoms with E-state index in [0.717, 1.165) is 11.3 Å². The lowest BCUT2D eigenvalue weighted by atomic mass is 10.1. The van der Waals surface area contributed by atoms with E-state index < -0.39 is 17.2 Å². The molecule has 5 heteroatoms. The number of amides is 1. The van der Waals surface area contributed by atoms with E-state index >= 15 is 0 Å². The van der Waals surface area contributed by atoms with Gasteiger partial charge in [0.1, 0.15) is 11.4 Å². The molecule has 1 heterocycles. The molecule has 0 saturated heterocycles. The van der Waals surface area contributed by atoms with Gasteiger partial charge >= 0.3 is 6.09 Å². The Kier molecular flexibility index (Phi) is 5.22. The molecule has 1 aromatic heterocycles. The normalized spacial score (nSPS) is 12.3. The maximum atomic E-state index is 11.7. The van der Waals surface area contributed by atoms with Crippen molar-refractivity contribution in [3.63, 3.8) is 0 Å². The SMILES string of the molecule is Cc1ccoc1CNCC(C)(C)NC(=O)OC(C)(C)C. The van der Waals surface area contributed by atoms with Gasteiger partial charge in [0.05, 0.1) is 18.3 Å². The predicted octanol–water partition coefficient (Wildman–Crippen LogP) is 2.98. The van der Waals surface area contributed by atoms with Crippen LogP contribution in [0.3, 0.4) is 0 Å². The number of carbonyl (C=O) groups is 1. The molecule has 0 unspecified atom stereocenters. The second-order valence-corrected chi connectivity index (χ2v) is 6.64. The predicted molar refractivity (Wildman–Crippen MR) is 78.6 cm³/mol. The molecule has 2 N–H and O–H groups in total. The van der Waals surface area contributed by atoms with Crippen LogP contribution in [0.25, 0.3) is 0 Å². The molecule has 0 aliphatic rings. The Morgan fingerprint density at radius 1 is 1.30 bits per heavy atom. The molecule has 1 rings (SSSR count). The highest BCUT2D eigenvalue weighted by atomic mass is 16.6. The summed E-state index contributed by atoms with van der Waals surface area (Å²) in [5.41, 5.74) is 0.234. The lowest BCUT2D eigenvalue weighted by molar-refractivity contribution is 0.0472. The highest BCUT2D eigenvalue weighted by Gasteiger charge is 2.24. The first-order chi connectivity index (χ1) is 9.09. The molecule has 0 saturated carbocycles. The number of furan rings is 1. The van der Waals surface area contributed by atoms with Gasteiger partial charge < -0.3 is 19.8 Å². The first kappa shape index (κ1) is 16.6. The molecule has 1 amide bonds. The standard InChI is InChI=1S/C15H26N2O3/c1-11-7-8-19-12(11)9-16-10-15(5,6)17-13(18)20-14(2,3)4/h7-8,16H,9-10H2,1-6H3,(H,17,18). The van der Waals surface area contributed by atoms with Crippen LogP contribution >= 0.6 is 0 Å². The molecule has 0 atom stereocenters. The van der Waals surface area contributed by atoms with Crippen molar-refractivity contribution in [2.24, 2.45) is 0 Å². The van der Waals surface area contributed by atoms with E-state index in [9.17, 15) is 4.79 Å². The van der Waals surface area contributed by atoms with Gasteiger partial charge in [-0.25, -0.2) is 4.79 Å². The van der Waals surface area contributed by atoms with E-state index in [-0.39, 0.29) is 0 Å². The monoisotopic (exact) mass is 282 g/mol. The lowest BCUT2D eigenvalue weighted by Crippen LogP contribution is -2.51. The van der Waals surface area contributed by atoms with Crippen molar-refractivity contribution < 1.29 is 13.9 Å². The van der Waals surface area contributed by atoms with E-state index in [2.05, 4.69) is 10.6 Å². The second kappa shape index (κ2) is 6.31. The van der Waals surface area contributed by atoms with Crippen molar-refractivity contribution in [2.75, 3.05) is 6.54 Å². The molecule has 5 nitrogen and oxygen atoms in total. The molecule has 0 aliphatic heterocycles. The maximum absolute atomic E-state index is 11.7. The van der Waals surface area contributed by atoms with Crippen LogP contribution in [0.1, 0.15) is 45.9 Å². The van der Waals surface area contributed by atoms with Crippen LogP contribution in [-0.2, 0) is 11.3 Å². The Morgan fingerprint density at radius 3 is 2.45 bits per heavy atom. The van der Waals surface area contributed by atoms with Crippen molar-refractivity contribution in [3.8, 4) is 0 Å². The molecule has 0 spiro atoms. The second-order valence-electron chi connectivity index (χ2n) is 6.64. The summed E-state index contributed by atoms with van der Waals surface area (Å²) < 4.78 is 10.6. The molecule has 0 aromatic carbocycles. The first-order valence-electron chi connectivity index (χ1n) is 6.84. The third-order valence-electron chi connectivity index (χ3n) is 2.66. The van der Waals surface area contributed by atoms with Gasteiger partial charge in [0, 0.05) is 6.54 Å². The molecular weight excluding hydrogens is 256 g/mol. The van der Waals surface area contributed by atoms with Crippen LogP contribution in [0.4, 0.5) is 4.79 Å². The van der Waals surface area contributed by atoms with Gasteiger partial charge in [0.2, 0.25) is 0 Å². The van der Waals surface area contributed by atoms with Gasteiger partial charge in [-0.1, -0.05) is 0 Å². The minimum absolute atomic E-state index is 0.400. The van der Waals surface area contributed by atoms with E-state index in [4.69, 9.17) is 9.15 Å².